The molecule has 1 aromatic heterocycles. The van der Waals surface area contributed by atoms with Gasteiger partial charge < -0.3 is 10.2 Å². The monoisotopic (exact) mass is 366 g/mol. The van der Waals surface area contributed by atoms with Crippen LogP contribution in [0.3, 0.4) is 0 Å². The molecule has 3 heterocycles. The number of rotatable bonds is 5. The fourth-order valence-electron chi connectivity index (χ4n) is 4.37. The maximum absolute atomic E-state index is 12.5. The van der Waals surface area contributed by atoms with Crippen LogP contribution in [0.5, 0.6) is 0 Å². The van der Waals surface area contributed by atoms with Crippen molar-refractivity contribution in [1.29, 1.82) is 0 Å². The number of nitrogens with zero attached hydrogens (tertiary/aromatic N) is 2. The molecule has 1 unspecified atom stereocenters. The molecule has 2 N–H and O–H groups in total. The molecule has 0 saturated carbocycles. The van der Waals surface area contributed by atoms with Gasteiger partial charge in [0.1, 0.15) is 0 Å². The van der Waals surface area contributed by atoms with Crippen LogP contribution >= 0.6 is 0 Å². The van der Waals surface area contributed by atoms with Crippen LogP contribution in [0.25, 0.3) is 0 Å². The molecule has 142 valence electrons. The zero-order valence-electron chi connectivity index (χ0n) is 15.5. The van der Waals surface area contributed by atoms with Gasteiger partial charge in [0.05, 0.1) is 12.1 Å². The second kappa shape index (κ2) is 7.55. The molecule has 2 aliphatic rings. The van der Waals surface area contributed by atoms with Gasteiger partial charge in [0, 0.05) is 31.2 Å². The molecule has 1 spiro atoms. The predicted molar refractivity (Wildman–Crippen MR) is 102 cm³/mol. The Morgan fingerprint density at radius 1 is 1.22 bits per heavy atom. The second-order valence-electron chi connectivity index (χ2n) is 7.78. The number of H-pyrrole nitrogens is 1. The molecule has 0 aliphatic carbocycles. The first-order valence-corrected chi connectivity index (χ1v) is 9.78. The number of piperidine rings is 1. The number of aromatic amines is 1. The van der Waals surface area contributed by atoms with E-state index in [1.54, 1.807) is 6.20 Å². The number of hydrogen-bond acceptors (Lipinski definition) is 3. The van der Waals surface area contributed by atoms with Gasteiger partial charge in [-0.25, -0.2) is 0 Å². The van der Waals surface area contributed by atoms with Crippen molar-refractivity contribution >= 4 is 11.8 Å². The topological polar surface area (TPSA) is 78.1 Å². The molecule has 2 aliphatic heterocycles. The van der Waals surface area contributed by atoms with Crippen molar-refractivity contribution in [3.05, 3.63) is 53.9 Å². The van der Waals surface area contributed by atoms with Gasteiger partial charge >= 0.3 is 0 Å². The smallest absolute Gasteiger partial charge is 0.228 e. The summed E-state index contributed by atoms with van der Waals surface area (Å²) in [6, 6.07) is 10.0. The SMILES string of the molecule is O=C1NC2(CCN(C(=O)CCCc3cn[nH]c3)CC2)CC1c1ccccc1. The summed E-state index contributed by atoms with van der Waals surface area (Å²) in [6.45, 7) is 1.46. The zero-order valence-corrected chi connectivity index (χ0v) is 15.5. The lowest BCUT2D eigenvalue weighted by molar-refractivity contribution is -0.133. The third-order valence-corrected chi connectivity index (χ3v) is 5.99. The molecule has 6 nitrogen and oxygen atoms in total. The number of carbonyl (C=O) groups is 2. The van der Waals surface area contributed by atoms with Gasteiger partial charge in [0.25, 0.3) is 0 Å². The Labute approximate surface area is 159 Å². The molecule has 6 heteroatoms. The number of hydrogen-bond donors (Lipinski definition) is 2. The molecule has 4 rings (SSSR count). The van der Waals surface area contributed by atoms with Crippen LogP contribution in [0.2, 0.25) is 0 Å². The van der Waals surface area contributed by atoms with Crippen LogP contribution in [0.15, 0.2) is 42.7 Å². The fourth-order valence-corrected chi connectivity index (χ4v) is 4.37. The van der Waals surface area contributed by atoms with Crippen LogP contribution in [0.1, 0.15) is 49.1 Å². The van der Waals surface area contributed by atoms with Gasteiger partial charge in [0.2, 0.25) is 11.8 Å². The molecule has 27 heavy (non-hydrogen) atoms. The van der Waals surface area contributed by atoms with Gasteiger partial charge in [-0.15, -0.1) is 0 Å². The van der Waals surface area contributed by atoms with Gasteiger partial charge in [-0.2, -0.15) is 5.10 Å². The highest BCUT2D eigenvalue weighted by Gasteiger charge is 2.46. The van der Waals surface area contributed by atoms with Crippen molar-refractivity contribution in [3.8, 4) is 0 Å². The van der Waals surface area contributed by atoms with E-state index in [1.807, 2.05) is 41.4 Å². The maximum Gasteiger partial charge on any atom is 0.228 e. The Bertz CT molecular complexity index is 780. The van der Waals surface area contributed by atoms with Crippen molar-refractivity contribution in [2.75, 3.05) is 13.1 Å². The third kappa shape index (κ3) is 3.89. The summed E-state index contributed by atoms with van der Waals surface area (Å²) in [5.74, 6) is 0.279. The van der Waals surface area contributed by atoms with Gasteiger partial charge in [0.15, 0.2) is 0 Å². The molecule has 2 aromatic rings. The first kappa shape index (κ1) is 17.8. The summed E-state index contributed by atoms with van der Waals surface area (Å²) in [7, 11) is 0. The average Bonchev–Trinajstić information content (AvgIpc) is 3.31. The van der Waals surface area contributed by atoms with E-state index in [1.165, 1.54) is 0 Å². The Morgan fingerprint density at radius 2 is 2.00 bits per heavy atom. The zero-order chi connectivity index (χ0) is 18.7. The summed E-state index contributed by atoms with van der Waals surface area (Å²) < 4.78 is 0. The van der Waals surface area contributed by atoms with Crippen molar-refractivity contribution in [2.24, 2.45) is 0 Å². The highest BCUT2D eigenvalue weighted by molar-refractivity contribution is 5.87. The van der Waals surface area contributed by atoms with E-state index >= 15 is 0 Å². The summed E-state index contributed by atoms with van der Waals surface area (Å²) >= 11 is 0. The van der Waals surface area contributed by atoms with Crippen LogP contribution in [-0.2, 0) is 16.0 Å². The lowest BCUT2D eigenvalue weighted by atomic mass is 9.82. The number of amides is 2. The average molecular weight is 366 g/mol. The minimum absolute atomic E-state index is 0.0663. The van der Waals surface area contributed by atoms with Gasteiger partial charge in [-0.3, -0.25) is 14.7 Å². The normalized spacial score (nSPS) is 21.4. The van der Waals surface area contributed by atoms with E-state index in [9.17, 15) is 9.59 Å². The lowest BCUT2D eigenvalue weighted by Gasteiger charge is -2.39. The molecule has 2 amide bonds. The number of likely N-dealkylation sites (tertiary alicyclic amines) is 1. The maximum atomic E-state index is 12.5. The van der Waals surface area contributed by atoms with Crippen LogP contribution in [0, 0.1) is 0 Å². The number of benzene rings is 1. The molecule has 0 bridgehead atoms. The molecule has 2 fully saturated rings. The van der Waals surface area contributed by atoms with Gasteiger partial charge in [-0.05, 0) is 43.2 Å². The van der Waals surface area contributed by atoms with Crippen LogP contribution < -0.4 is 5.32 Å². The highest BCUT2D eigenvalue weighted by atomic mass is 16.2. The molecule has 1 atom stereocenters. The Balaban J connectivity index is 1.28. The third-order valence-electron chi connectivity index (χ3n) is 5.99. The summed E-state index contributed by atoms with van der Waals surface area (Å²) in [4.78, 5) is 27.0. The van der Waals surface area contributed by atoms with E-state index in [0.717, 1.165) is 56.3 Å². The molecular weight excluding hydrogens is 340 g/mol. The van der Waals surface area contributed by atoms with E-state index < -0.39 is 0 Å². The minimum atomic E-state index is -0.148. The molecule has 1 aromatic carbocycles. The molecular formula is C21H26N4O2. The summed E-state index contributed by atoms with van der Waals surface area (Å²) in [6.07, 6.45) is 8.48. The second-order valence-corrected chi connectivity index (χ2v) is 7.78. The molecule has 2 saturated heterocycles. The number of aromatic nitrogens is 2. The number of aryl methyl sites for hydroxylation is 1. The number of nitrogens with one attached hydrogen (secondary N) is 2. The quantitative estimate of drug-likeness (QED) is 0.853. The summed E-state index contributed by atoms with van der Waals surface area (Å²) in [5, 5.41) is 9.98. The Morgan fingerprint density at radius 3 is 2.70 bits per heavy atom. The van der Waals surface area contributed by atoms with Crippen molar-refractivity contribution in [2.45, 2.75) is 50.0 Å². The van der Waals surface area contributed by atoms with E-state index in [0.29, 0.717) is 6.42 Å². The predicted octanol–water partition coefficient (Wildman–Crippen LogP) is 2.40. The highest BCUT2D eigenvalue weighted by Crippen LogP contribution is 2.39. The van der Waals surface area contributed by atoms with E-state index in [-0.39, 0.29) is 23.3 Å². The van der Waals surface area contributed by atoms with Crippen molar-refractivity contribution in [3.63, 3.8) is 0 Å². The largest absolute Gasteiger partial charge is 0.350 e. The summed E-state index contributed by atoms with van der Waals surface area (Å²) in [5.41, 5.74) is 2.08. The lowest BCUT2D eigenvalue weighted by Crippen LogP contribution is -2.52. The van der Waals surface area contributed by atoms with E-state index in [4.69, 9.17) is 0 Å². The fraction of sp³-hybridized carbons (Fsp3) is 0.476. The van der Waals surface area contributed by atoms with Gasteiger partial charge in [-0.1, -0.05) is 30.3 Å². The Hall–Kier alpha value is -2.63. The first-order chi connectivity index (χ1) is 13.2. The molecule has 0 radical (unpaired) electrons. The van der Waals surface area contributed by atoms with Crippen LogP contribution in [-0.4, -0.2) is 45.5 Å². The van der Waals surface area contributed by atoms with Crippen molar-refractivity contribution in [1.82, 2.24) is 20.4 Å². The standard InChI is InChI=1S/C21H26N4O2/c26-19(8-4-5-16-14-22-23-15-16)25-11-9-21(10-12-25)13-18(20(27)24-21)17-6-2-1-3-7-17/h1-3,6-7,14-15,18H,4-5,8-13H2,(H,22,23)(H,24,27). The first-order valence-electron chi connectivity index (χ1n) is 9.78. The number of carbonyl (C=O) groups excluding carboxylic acids is 2. The minimum Gasteiger partial charge on any atom is -0.350 e. The van der Waals surface area contributed by atoms with Crippen molar-refractivity contribution < 1.29 is 9.59 Å². The Kier molecular flexibility index (Phi) is 4.97. The van der Waals surface area contributed by atoms with E-state index in [2.05, 4.69) is 15.5 Å². The van der Waals surface area contributed by atoms with Crippen LogP contribution in [0.4, 0.5) is 0 Å².